The Kier molecular flexibility index (Phi) is 19.9. The van der Waals surface area contributed by atoms with E-state index in [4.69, 9.17) is 9.47 Å². The van der Waals surface area contributed by atoms with Crippen molar-refractivity contribution >= 4 is 11.6 Å². The molecule has 0 saturated heterocycles. The Morgan fingerprint density at radius 2 is 0.905 bits per heavy atom. The number of unbranched alkanes of at least 4 members (excludes halogenated alkanes) is 16. The monoisotopic (exact) mass is 576 g/mol. The van der Waals surface area contributed by atoms with Gasteiger partial charge in [-0.2, -0.15) is 0 Å². The highest BCUT2D eigenvalue weighted by Gasteiger charge is 2.14. The molecule has 2 aromatic carbocycles. The Hall–Kier alpha value is -2.88. The molecule has 0 bridgehead atoms. The summed E-state index contributed by atoms with van der Waals surface area (Å²) in [5.41, 5.74) is 1.06. The number of hydrogen-bond donors (Lipinski definition) is 0. The van der Waals surface area contributed by atoms with E-state index in [0.717, 1.165) is 30.8 Å². The Bertz CT molecular complexity index is 977. The van der Waals surface area contributed by atoms with Gasteiger partial charge in [0.25, 0.3) is 0 Å². The van der Waals surface area contributed by atoms with Crippen molar-refractivity contribution in [2.75, 3.05) is 13.2 Å². The van der Waals surface area contributed by atoms with Gasteiger partial charge >= 0.3 is 0 Å². The third kappa shape index (κ3) is 16.5. The molecule has 2 aromatic rings. The topological polar surface area (TPSA) is 52.6 Å². The highest BCUT2D eigenvalue weighted by molar-refractivity contribution is 6.13. The van der Waals surface area contributed by atoms with Gasteiger partial charge in [0, 0.05) is 11.1 Å². The zero-order valence-electron chi connectivity index (χ0n) is 26.4. The second-order valence-electron chi connectivity index (χ2n) is 11.5. The van der Waals surface area contributed by atoms with Gasteiger partial charge in [-0.1, -0.05) is 103 Å². The van der Waals surface area contributed by atoms with Crippen molar-refractivity contribution in [3.63, 3.8) is 0 Å². The van der Waals surface area contributed by atoms with Crippen LogP contribution in [0.25, 0.3) is 0 Å². The Morgan fingerprint density at radius 3 is 1.29 bits per heavy atom. The molecule has 42 heavy (non-hydrogen) atoms. The molecule has 0 atom stereocenters. The Morgan fingerprint density at radius 1 is 0.548 bits per heavy atom. The summed E-state index contributed by atoms with van der Waals surface area (Å²) >= 11 is 0. The van der Waals surface area contributed by atoms with Gasteiger partial charge in [0.05, 0.1) is 19.6 Å². The summed E-state index contributed by atoms with van der Waals surface area (Å²) < 4.78 is 11.7. The molecule has 0 aliphatic heterocycles. The van der Waals surface area contributed by atoms with Gasteiger partial charge in [-0.05, 0) is 74.2 Å². The van der Waals surface area contributed by atoms with E-state index in [1.807, 2.05) is 30.3 Å². The lowest BCUT2D eigenvalue weighted by Gasteiger charge is -2.08. The number of carbonyl (C=O) groups is 2. The van der Waals surface area contributed by atoms with E-state index in [9.17, 15) is 9.59 Å². The van der Waals surface area contributed by atoms with E-state index in [1.54, 1.807) is 24.3 Å². The van der Waals surface area contributed by atoms with Crippen molar-refractivity contribution < 1.29 is 19.1 Å². The van der Waals surface area contributed by atoms with Crippen molar-refractivity contribution in [2.45, 2.75) is 129 Å². The normalized spacial score (nSPS) is 10.9. The summed E-state index contributed by atoms with van der Waals surface area (Å²) in [6.45, 7) is 7.40. The molecule has 0 heterocycles. The fourth-order valence-electron chi connectivity index (χ4n) is 5.07. The van der Waals surface area contributed by atoms with Crippen molar-refractivity contribution in [2.24, 2.45) is 0 Å². The summed E-state index contributed by atoms with van der Waals surface area (Å²) in [4.78, 5) is 25.4. The van der Waals surface area contributed by atoms with E-state index >= 15 is 0 Å². The van der Waals surface area contributed by atoms with Crippen LogP contribution in [-0.2, 0) is 0 Å². The van der Waals surface area contributed by atoms with Crippen LogP contribution in [-0.4, -0.2) is 24.8 Å². The average molecular weight is 577 g/mol. The van der Waals surface area contributed by atoms with Crippen LogP contribution in [0.3, 0.4) is 0 Å². The SMILES string of the molecule is C=CCCCCCCCCCOc1ccc(C(=O)CC(=O)c2ccc(OCCCCCCCCCCCC)cc2)cc1. The standard InChI is InChI=1S/C38H56O4/c1-3-5-7-9-11-13-15-17-19-21-31-42-36-28-24-34(25-29-36)38(40)32-37(39)33-22-26-35(27-23-33)41-30-20-18-16-14-12-10-8-6-4-2/h4,22-29H,2-3,5-21,30-32H2,1H3. The van der Waals surface area contributed by atoms with Gasteiger partial charge in [0.2, 0.25) is 0 Å². The Labute approximate surface area is 256 Å². The smallest absolute Gasteiger partial charge is 0.170 e. The third-order valence-corrected chi connectivity index (χ3v) is 7.76. The number of ketones is 2. The maximum atomic E-state index is 12.7. The highest BCUT2D eigenvalue weighted by atomic mass is 16.5. The van der Waals surface area contributed by atoms with E-state index in [1.165, 1.54) is 96.3 Å². The van der Waals surface area contributed by atoms with Gasteiger partial charge in [0.1, 0.15) is 11.5 Å². The predicted molar refractivity (Wildman–Crippen MR) is 176 cm³/mol. The predicted octanol–water partition coefficient (Wildman–Crippen LogP) is 11.1. The zero-order valence-corrected chi connectivity index (χ0v) is 26.4. The zero-order chi connectivity index (χ0) is 30.1. The van der Waals surface area contributed by atoms with Gasteiger partial charge < -0.3 is 9.47 Å². The van der Waals surface area contributed by atoms with Crippen LogP contribution in [0.4, 0.5) is 0 Å². The molecule has 0 saturated carbocycles. The van der Waals surface area contributed by atoms with E-state index in [0.29, 0.717) is 24.3 Å². The minimum atomic E-state index is -0.180. The van der Waals surface area contributed by atoms with Crippen LogP contribution < -0.4 is 9.47 Å². The van der Waals surface area contributed by atoms with E-state index in [-0.39, 0.29) is 18.0 Å². The second kappa shape index (κ2) is 23.7. The van der Waals surface area contributed by atoms with Gasteiger partial charge in [0.15, 0.2) is 11.6 Å². The fourth-order valence-corrected chi connectivity index (χ4v) is 5.07. The van der Waals surface area contributed by atoms with E-state index < -0.39 is 0 Å². The first-order chi connectivity index (χ1) is 20.6. The van der Waals surface area contributed by atoms with Crippen LogP contribution >= 0.6 is 0 Å². The molecular weight excluding hydrogens is 520 g/mol. The summed E-state index contributed by atoms with van der Waals surface area (Å²) in [5, 5.41) is 0. The number of rotatable bonds is 27. The molecule has 4 nitrogen and oxygen atoms in total. The lowest BCUT2D eigenvalue weighted by Crippen LogP contribution is -2.09. The summed E-state index contributed by atoms with van der Waals surface area (Å²) in [7, 11) is 0. The first kappa shape index (κ1) is 35.3. The quantitative estimate of drug-likeness (QED) is 0.0459. The number of allylic oxidation sites excluding steroid dienone is 1. The lowest BCUT2D eigenvalue weighted by molar-refractivity contribution is 0.0894. The van der Waals surface area contributed by atoms with Gasteiger partial charge in [-0.15, -0.1) is 6.58 Å². The lowest BCUT2D eigenvalue weighted by atomic mass is 10.0. The van der Waals surface area contributed by atoms with Crippen molar-refractivity contribution in [1.29, 1.82) is 0 Å². The molecule has 0 N–H and O–H groups in total. The summed E-state index contributed by atoms with van der Waals surface area (Å²) in [5.74, 6) is 1.17. The molecule has 0 aliphatic carbocycles. The molecule has 0 amide bonds. The number of ether oxygens (including phenoxy) is 2. The van der Waals surface area contributed by atoms with Gasteiger partial charge in [-0.3, -0.25) is 9.59 Å². The Balaban J connectivity index is 1.57. The molecule has 0 radical (unpaired) electrons. The number of Topliss-reactive ketones (excluding diaryl/α,β-unsaturated/α-hetero) is 2. The highest BCUT2D eigenvalue weighted by Crippen LogP contribution is 2.18. The second-order valence-corrected chi connectivity index (χ2v) is 11.5. The van der Waals surface area contributed by atoms with Crippen LogP contribution in [0.1, 0.15) is 150 Å². The third-order valence-electron chi connectivity index (χ3n) is 7.76. The first-order valence-electron chi connectivity index (χ1n) is 16.8. The minimum absolute atomic E-state index is 0.146. The summed E-state index contributed by atoms with van der Waals surface area (Å²) in [6, 6.07) is 14.3. The molecule has 0 aliphatic rings. The van der Waals surface area contributed by atoms with E-state index in [2.05, 4.69) is 13.5 Å². The van der Waals surface area contributed by atoms with Crippen LogP contribution in [0.2, 0.25) is 0 Å². The number of benzene rings is 2. The van der Waals surface area contributed by atoms with Crippen molar-refractivity contribution in [3.8, 4) is 11.5 Å². The molecule has 0 aromatic heterocycles. The van der Waals surface area contributed by atoms with Crippen molar-refractivity contribution in [1.82, 2.24) is 0 Å². The molecule has 0 spiro atoms. The molecule has 0 fully saturated rings. The maximum Gasteiger partial charge on any atom is 0.170 e. The average Bonchev–Trinajstić information content (AvgIpc) is 3.01. The molecular formula is C38H56O4. The number of hydrogen-bond acceptors (Lipinski definition) is 4. The molecule has 4 heteroatoms. The van der Waals surface area contributed by atoms with Crippen molar-refractivity contribution in [3.05, 3.63) is 72.3 Å². The first-order valence-corrected chi connectivity index (χ1v) is 16.8. The van der Waals surface area contributed by atoms with Crippen LogP contribution in [0, 0.1) is 0 Å². The summed E-state index contributed by atoms with van der Waals surface area (Å²) in [6.07, 6.45) is 24.5. The number of carbonyl (C=O) groups excluding carboxylic acids is 2. The molecule has 0 unspecified atom stereocenters. The van der Waals surface area contributed by atoms with Crippen LogP contribution in [0.5, 0.6) is 11.5 Å². The largest absolute Gasteiger partial charge is 0.494 e. The fraction of sp³-hybridized carbons (Fsp3) is 0.579. The van der Waals surface area contributed by atoms with Crippen LogP contribution in [0.15, 0.2) is 61.2 Å². The van der Waals surface area contributed by atoms with Gasteiger partial charge in [-0.25, -0.2) is 0 Å². The molecule has 232 valence electrons. The molecule has 2 rings (SSSR count). The maximum absolute atomic E-state index is 12.7. The minimum Gasteiger partial charge on any atom is -0.494 e.